The van der Waals surface area contributed by atoms with E-state index in [1.54, 1.807) is 12.5 Å². The monoisotopic (exact) mass is 148 g/mol. The quantitative estimate of drug-likeness (QED) is 0.541. The summed E-state index contributed by atoms with van der Waals surface area (Å²) in [4.78, 5) is 8.16. The minimum absolute atomic E-state index is 0.738. The van der Waals surface area contributed by atoms with Gasteiger partial charge in [0.15, 0.2) is 5.82 Å². The molecule has 2 heterocycles. The van der Waals surface area contributed by atoms with Crippen molar-refractivity contribution >= 4 is 17.9 Å². The fourth-order valence-corrected chi connectivity index (χ4v) is 1.00. The Morgan fingerprint density at radius 1 is 1.55 bits per heavy atom. The third-order valence-corrected chi connectivity index (χ3v) is 1.54. The molecule has 0 unspecified atom stereocenters. The Hall–Kier alpha value is -1.45. The third kappa shape index (κ3) is 1.07. The second-order valence-electron chi connectivity index (χ2n) is 2.46. The molecule has 0 atom stereocenters. The molecular formula is C7H8N4. The summed E-state index contributed by atoms with van der Waals surface area (Å²) in [6.45, 7) is 2.70. The molecule has 2 rings (SSSR count). The Labute approximate surface area is 64.3 Å². The van der Waals surface area contributed by atoms with Crippen LogP contribution in [0.2, 0.25) is 0 Å². The van der Waals surface area contributed by atoms with Gasteiger partial charge in [-0.2, -0.15) is 5.10 Å². The number of aliphatic imine (C=N–C) groups is 2. The average molecular weight is 148 g/mol. The van der Waals surface area contributed by atoms with Crippen molar-refractivity contribution in [1.29, 1.82) is 0 Å². The van der Waals surface area contributed by atoms with Gasteiger partial charge in [-0.1, -0.05) is 0 Å². The predicted octanol–water partition coefficient (Wildman–Crippen LogP) is 1.02. The minimum Gasteiger partial charge on any atom is -0.244 e. The molecule has 0 saturated heterocycles. The van der Waals surface area contributed by atoms with Crippen LogP contribution in [0.3, 0.4) is 0 Å². The van der Waals surface area contributed by atoms with Gasteiger partial charge in [0.25, 0.3) is 0 Å². The van der Waals surface area contributed by atoms with Crippen LogP contribution in [0.25, 0.3) is 0 Å². The highest BCUT2D eigenvalue weighted by Gasteiger charge is 2.03. The first-order chi connectivity index (χ1) is 5.36. The molecule has 0 spiro atoms. The Morgan fingerprint density at radius 3 is 3.36 bits per heavy atom. The van der Waals surface area contributed by atoms with Crippen LogP contribution in [0, 0.1) is 0 Å². The lowest BCUT2D eigenvalue weighted by Gasteiger charge is -1.98. The van der Waals surface area contributed by atoms with E-state index >= 15 is 0 Å². The van der Waals surface area contributed by atoms with Gasteiger partial charge in [-0.05, 0) is 6.92 Å². The lowest BCUT2D eigenvalue weighted by atomic mass is 10.4. The highest BCUT2D eigenvalue weighted by Crippen LogP contribution is 2.11. The number of hydrogen-bond acceptors (Lipinski definition) is 3. The van der Waals surface area contributed by atoms with Gasteiger partial charge in [0, 0.05) is 11.8 Å². The summed E-state index contributed by atoms with van der Waals surface area (Å²) in [7, 11) is 0. The van der Waals surface area contributed by atoms with Gasteiger partial charge in [0.05, 0.1) is 12.7 Å². The molecule has 11 heavy (non-hydrogen) atoms. The van der Waals surface area contributed by atoms with Gasteiger partial charge >= 0.3 is 0 Å². The Morgan fingerprint density at radius 2 is 2.45 bits per heavy atom. The van der Waals surface area contributed by atoms with Crippen LogP contribution < -0.4 is 0 Å². The minimum atomic E-state index is 0.738. The van der Waals surface area contributed by atoms with E-state index in [0.29, 0.717) is 0 Å². The fraction of sp³-hybridized carbons (Fsp3) is 0.286. The van der Waals surface area contributed by atoms with Crippen LogP contribution in [0.5, 0.6) is 0 Å². The topological polar surface area (TPSA) is 42.5 Å². The summed E-state index contributed by atoms with van der Waals surface area (Å²) >= 11 is 0. The lowest BCUT2D eigenvalue weighted by Crippen LogP contribution is -2.06. The van der Waals surface area contributed by atoms with E-state index in [-0.39, 0.29) is 0 Å². The zero-order valence-corrected chi connectivity index (χ0v) is 6.23. The van der Waals surface area contributed by atoms with Gasteiger partial charge in [0.1, 0.15) is 6.34 Å². The van der Waals surface area contributed by atoms with Crippen molar-refractivity contribution in [3.05, 3.63) is 12.3 Å². The van der Waals surface area contributed by atoms with E-state index in [4.69, 9.17) is 0 Å². The molecule has 0 amide bonds. The zero-order chi connectivity index (χ0) is 7.68. The smallest absolute Gasteiger partial charge is 0.152 e. The average Bonchev–Trinajstić information content (AvgIpc) is 2.31. The first kappa shape index (κ1) is 6.27. The first-order valence-electron chi connectivity index (χ1n) is 3.44. The molecule has 56 valence electrons. The van der Waals surface area contributed by atoms with Crippen LogP contribution in [0.15, 0.2) is 22.2 Å². The maximum Gasteiger partial charge on any atom is 0.152 e. The maximum atomic E-state index is 4.09. The number of nitrogens with zero attached hydrogens (tertiary/aromatic N) is 4. The van der Waals surface area contributed by atoms with E-state index < -0.39 is 0 Å². The van der Waals surface area contributed by atoms with Gasteiger partial charge < -0.3 is 0 Å². The maximum absolute atomic E-state index is 4.09. The molecule has 4 nitrogen and oxygen atoms in total. The molecule has 4 heteroatoms. The van der Waals surface area contributed by atoms with E-state index in [9.17, 15) is 0 Å². The first-order valence-corrected chi connectivity index (χ1v) is 3.44. The van der Waals surface area contributed by atoms with Gasteiger partial charge in [-0.3, -0.25) is 0 Å². The van der Waals surface area contributed by atoms with Crippen molar-refractivity contribution in [2.45, 2.75) is 13.5 Å². The van der Waals surface area contributed by atoms with Crippen LogP contribution in [-0.2, 0) is 6.54 Å². The molecule has 0 saturated carbocycles. The predicted molar refractivity (Wildman–Crippen MR) is 43.5 cm³/mol. The van der Waals surface area contributed by atoms with Crippen molar-refractivity contribution in [2.75, 3.05) is 0 Å². The molecule has 1 aliphatic heterocycles. The molecule has 0 radical (unpaired) electrons. The number of rotatable bonds is 0. The molecule has 1 aromatic heterocycles. The fourth-order valence-electron chi connectivity index (χ4n) is 1.00. The summed E-state index contributed by atoms with van der Waals surface area (Å²) in [6, 6.07) is 1.87. The largest absolute Gasteiger partial charge is 0.244 e. The summed E-state index contributed by atoms with van der Waals surface area (Å²) in [5, 5.41) is 4.09. The molecular weight excluding hydrogens is 140 g/mol. The SMILES string of the molecule is CC1=NC=Nc2ccnn2C1. The molecule has 0 aliphatic carbocycles. The van der Waals surface area contributed by atoms with Crippen LogP contribution in [0.1, 0.15) is 6.92 Å². The standard InChI is InChI=1S/C7H8N4/c1-6-4-11-7(2-3-10-11)9-5-8-6/h2-3,5H,4H2,1H3. The van der Waals surface area contributed by atoms with E-state index in [1.165, 1.54) is 0 Å². The van der Waals surface area contributed by atoms with Gasteiger partial charge in [0.2, 0.25) is 0 Å². The van der Waals surface area contributed by atoms with Crippen molar-refractivity contribution < 1.29 is 0 Å². The molecule has 0 N–H and O–H groups in total. The van der Waals surface area contributed by atoms with Crippen molar-refractivity contribution in [2.24, 2.45) is 9.98 Å². The molecule has 1 aromatic rings. The lowest BCUT2D eigenvalue weighted by molar-refractivity contribution is 0.729. The Balaban J connectivity index is 2.47. The van der Waals surface area contributed by atoms with Crippen LogP contribution in [-0.4, -0.2) is 21.8 Å². The van der Waals surface area contributed by atoms with Crippen LogP contribution >= 0.6 is 0 Å². The second kappa shape index (κ2) is 2.30. The van der Waals surface area contributed by atoms with Gasteiger partial charge in [-0.15, -0.1) is 0 Å². The summed E-state index contributed by atoms with van der Waals surface area (Å²) in [6.07, 6.45) is 3.31. The van der Waals surface area contributed by atoms with E-state index in [0.717, 1.165) is 18.1 Å². The zero-order valence-electron chi connectivity index (χ0n) is 6.23. The van der Waals surface area contributed by atoms with Crippen LogP contribution in [0.4, 0.5) is 5.82 Å². The summed E-state index contributed by atoms with van der Waals surface area (Å²) < 4.78 is 1.82. The molecule has 0 aromatic carbocycles. The summed E-state index contributed by atoms with van der Waals surface area (Å²) in [5.74, 6) is 0.866. The second-order valence-corrected chi connectivity index (χ2v) is 2.46. The highest BCUT2D eigenvalue weighted by molar-refractivity contribution is 5.89. The molecule has 0 bridgehead atoms. The van der Waals surface area contributed by atoms with Crippen molar-refractivity contribution in [1.82, 2.24) is 9.78 Å². The normalized spacial score (nSPS) is 15.5. The molecule has 0 fully saturated rings. The number of aromatic nitrogens is 2. The van der Waals surface area contributed by atoms with Crippen molar-refractivity contribution in [3.63, 3.8) is 0 Å². The summed E-state index contributed by atoms with van der Waals surface area (Å²) in [5.41, 5.74) is 1.02. The number of fused-ring (bicyclic) bond motifs is 1. The van der Waals surface area contributed by atoms with E-state index in [2.05, 4.69) is 15.1 Å². The number of hydrogen-bond donors (Lipinski definition) is 0. The van der Waals surface area contributed by atoms with E-state index in [1.807, 2.05) is 17.7 Å². The highest BCUT2D eigenvalue weighted by atomic mass is 15.3. The third-order valence-electron chi connectivity index (χ3n) is 1.54. The Bertz CT molecular complexity index is 321. The van der Waals surface area contributed by atoms with Crippen molar-refractivity contribution in [3.8, 4) is 0 Å². The van der Waals surface area contributed by atoms with Gasteiger partial charge in [-0.25, -0.2) is 14.7 Å². The molecule has 1 aliphatic rings. The Kier molecular flexibility index (Phi) is 1.31.